The Balaban J connectivity index is 1.81. The maximum atomic E-state index is 5.98. The minimum Gasteiger partial charge on any atom is -0.328 e. The monoisotopic (exact) mass is 196 g/mol. The molecule has 2 nitrogen and oxygen atoms in total. The molecule has 0 bridgehead atoms. The summed E-state index contributed by atoms with van der Waals surface area (Å²) in [5, 5.41) is 0. The van der Waals surface area contributed by atoms with Crippen LogP contribution in [0.3, 0.4) is 0 Å². The van der Waals surface area contributed by atoms with E-state index in [1.807, 2.05) is 0 Å². The molecule has 0 radical (unpaired) electrons. The first-order chi connectivity index (χ1) is 6.86. The van der Waals surface area contributed by atoms with E-state index in [1.54, 1.807) is 0 Å². The summed E-state index contributed by atoms with van der Waals surface area (Å²) in [6.07, 6.45) is 11.0. The zero-order valence-electron chi connectivity index (χ0n) is 9.25. The Hall–Kier alpha value is -0.0800. The summed E-state index contributed by atoms with van der Waals surface area (Å²) in [6, 6.07) is 1.31. The SMILES string of the molecule is NC1CCC(N2CCCCCCC2)C1. The summed E-state index contributed by atoms with van der Waals surface area (Å²) in [4.78, 5) is 2.71. The molecule has 0 amide bonds. The van der Waals surface area contributed by atoms with Gasteiger partial charge in [0.25, 0.3) is 0 Å². The van der Waals surface area contributed by atoms with Crippen LogP contribution in [0.25, 0.3) is 0 Å². The van der Waals surface area contributed by atoms with Crippen LogP contribution >= 0.6 is 0 Å². The molecule has 1 aliphatic heterocycles. The lowest BCUT2D eigenvalue weighted by Gasteiger charge is -2.30. The van der Waals surface area contributed by atoms with Gasteiger partial charge in [0.15, 0.2) is 0 Å². The minimum absolute atomic E-state index is 0.491. The summed E-state index contributed by atoms with van der Waals surface area (Å²) < 4.78 is 0. The van der Waals surface area contributed by atoms with Gasteiger partial charge in [-0.15, -0.1) is 0 Å². The quantitative estimate of drug-likeness (QED) is 0.696. The average Bonchev–Trinajstić information content (AvgIpc) is 2.51. The molecule has 2 heteroatoms. The summed E-state index contributed by atoms with van der Waals surface area (Å²) in [5.74, 6) is 0. The van der Waals surface area contributed by atoms with Gasteiger partial charge in [0.1, 0.15) is 0 Å². The van der Waals surface area contributed by atoms with E-state index in [1.165, 1.54) is 64.5 Å². The summed E-state index contributed by atoms with van der Waals surface area (Å²) in [6.45, 7) is 2.66. The number of likely N-dealkylation sites (tertiary alicyclic amines) is 1. The maximum Gasteiger partial charge on any atom is 0.0111 e. The fourth-order valence-electron chi connectivity index (χ4n) is 2.96. The number of nitrogens with zero attached hydrogens (tertiary/aromatic N) is 1. The van der Waals surface area contributed by atoms with Crippen molar-refractivity contribution in [3.63, 3.8) is 0 Å². The Morgan fingerprint density at radius 3 is 2.07 bits per heavy atom. The van der Waals surface area contributed by atoms with Crippen LogP contribution in [0.15, 0.2) is 0 Å². The summed E-state index contributed by atoms with van der Waals surface area (Å²) in [5.41, 5.74) is 5.98. The van der Waals surface area contributed by atoms with Crippen molar-refractivity contribution in [2.45, 2.75) is 63.5 Å². The number of nitrogens with two attached hydrogens (primary N) is 1. The predicted octanol–water partition coefficient (Wildman–Crippen LogP) is 2.13. The number of hydrogen-bond acceptors (Lipinski definition) is 2. The molecule has 0 aromatic rings. The zero-order valence-corrected chi connectivity index (χ0v) is 9.25. The second-order valence-electron chi connectivity index (χ2n) is 5.03. The van der Waals surface area contributed by atoms with Crippen LogP contribution in [0, 0.1) is 0 Å². The van der Waals surface area contributed by atoms with Gasteiger partial charge in [0.05, 0.1) is 0 Å². The Labute approximate surface area is 87.8 Å². The van der Waals surface area contributed by atoms with E-state index in [9.17, 15) is 0 Å². The second-order valence-corrected chi connectivity index (χ2v) is 5.03. The van der Waals surface area contributed by atoms with E-state index in [-0.39, 0.29) is 0 Å². The van der Waals surface area contributed by atoms with Crippen molar-refractivity contribution in [2.75, 3.05) is 13.1 Å². The third-order valence-electron chi connectivity index (χ3n) is 3.85. The third-order valence-corrected chi connectivity index (χ3v) is 3.85. The molecule has 1 saturated carbocycles. The molecule has 1 heterocycles. The van der Waals surface area contributed by atoms with Crippen LogP contribution in [-0.2, 0) is 0 Å². The van der Waals surface area contributed by atoms with Crippen LogP contribution < -0.4 is 5.73 Å². The molecule has 2 unspecified atom stereocenters. The topological polar surface area (TPSA) is 29.3 Å². The van der Waals surface area contributed by atoms with E-state index >= 15 is 0 Å². The molecule has 0 aromatic heterocycles. The molecule has 1 saturated heterocycles. The smallest absolute Gasteiger partial charge is 0.0111 e. The highest BCUT2D eigenvalue weighted by molar-refractivity contribution is 4.85. The van der Waals surface area contributed by atoms with Crippen LogP contribution in [0.5, 0.6) is 0 Å². The lowest BCUT2D eigenvalue weighted by atomic mass is 10.1. The Bertz CT molecular complexity index is 162. The third kappa shape index (κ3) is 2.71. The van der Waals surface area contributed by atoms with Gasteiger partial charge in [0, 0.05) is 12.1 Å². The van der Waals surface area contributed by atoms with E-state index in [2.05, 4.69) is 4.90 Å². The molecule has 2 rings (SSSR count). The highest BCUT2D eigenvalue weighted by Crippen LogP contribution is 2.24. The Kier molecular flexibility index (Phi) is 3.82. The number of hydrogen-bond donors (Lipinski definition) is 1. The highest BCUT2D eigenvalue weighted by Gasteiger charge is 2.26. The van der Waals surface area contributed by atoms with Crippen molar-refractivity contribution >= 4 is 0 Å². The molecule has 82 valence electrons. The van der Waals surface area contributed by atoms with E-state index < -0.39 is 0 Å². The van der Waals surface area contributed by atoms with Crippen LogP contribution in [0.2, 0.25) is 0 Å². The summed E-state index contributed by atoms with van der Waals surface area (Å²) >= 11 is 0. The van der Waals surface area contributed by atoms with Crippen molar-refractivity contribution in [3.8, 4) is 0 Å². The molecule has 0 spiro atoms. The first-order valence-corrected chi connectivity index (χ1v) is 6.36. The van der Waals surface area contributed by atoms with Crippen LogP contribution in [0.4, 0.5) is 0 Å². The molecule has 2 fully saturated rings. The van der Waals surface area contributed by atoms with Crippen LogP contribution in [0.1, 0.15) is 51.4 Å². The Morgan fingerprint density at radius 2 is 1.50 bits per heavy atom. The second kappa shape index (κ2) is 5.13. The molecule has 2 aliphatic rings. The van der Waals surface area contributed by atoms with Gasteiger partial charge in [-0.2, -0.15) is 0 Å². The molecular formula is C12H24N2. The summed E-state index contributed by atoms with van der Waals surface area (Å²) in [7, 11) is 0. The van der Waals surface area contributed by atoms with Crippen molar-refractivity contribution in [3.05, 3.63) is 0 Å². The standard InChI is InChI=1S/C12H24N2/c13-11-6-7-12(10-11)14-8-4-2-1-3-5-9-14/h11-12H,1-10,13H2. The fraction of sp³-hybridized carbons (Fsp3) is 1.00. The van der Waals surface area contributed by atoms with E-state index in [0.717, 1.165) is 6.04 Å². The first kappa shape index (κ1) is 10.4. The van der Waals surface area contributed by atoms with Gasteiger partial charge >= 0.3 is 0 Å². The van der Waals surface area contributed by atoms with Crippen molar-refractivity contribution < 1.29 is 0 Å². The number of rotatable bonds is 1. The molecule has 0 aromatic carbocycles. The molecule has 2 N–H and O–H groups in total. The molecule has 2 atom stereocenters. The first-order valence-electron chi connectivity index (χ1n) is 6.36. The Morgan fingerprint density at radius 1 is 0.857 bits per heavy atom. The molecular weight excluding hydrogens is 172 g/mol. The highest BCUT2D eigenvalue weighted by atomic mass is 15.2. The van der Waals surface area contributed by atoms with Gasteiger partial charge in [-0.25, -0.2) is 0 Å². The molecule has 1 aliphatic carbocycles. The van der Waals surface area contributed by atoms with E-state index in [4.69, 9.17) is 5.73 Å². The predicted molar refractivity (Wildman–Crippen MR) is 60.3 cm³/mol. The van der Waals surface area contributed by atoms with Gasteiger partial charge in [-0.05, 0) is 45.2 Å². The molecule has 14 heavy (non-hydrogen) atoms. The zero-order chi connectivity index (χ0) is 9.80. The van der Waals surface area contributed by atoms with Crippen molar-refractivity contribution in [1.29, 1.82) is 0 Å². The van der Waals surface area contributed by atoms with E-state index in [0.29, 0.717) is 6.04 Å². The van der Waals surface area contributed by atoms with Gasteiger partial charge in [-0.3, -0.25) is 0 Å². The average molecular weight is 196 g/mol. The van der Waals surface area contributed by atoms with Gasteiger partial charge < -0.3 is 10.6 Å². The van der Waals surface area contributed by atoms with Crippen molar-refractivity contribution in [1.82, 2.24) is 4.90 Å². The maximum absolute atomic E-state index is 5.98. The lowest BCUT2D eigenvalue weighted by molar-refractivity contribution is 0.180. The normalized spacial score (nSPS) is 36.6. The largest absolute Gasteiger partial charge is 0.328 e. The van der Waals surface area contributed by atoms with Crippen molar-refractivity contribution in [2.24, 2.45) is 5.73 Å². The van der Waals surface area contributed by atoms with Crippen LogP contribution in [-0.4, -0.2) is 30.1 Å². The fourth-order valence-corrected chi connectivity index (χ4v) is 2.96. The van der Waals surface area contributed by atoms with Gasteiger partial charge in [0.2, 0.25) is 0 Å². The lowest BCUT2D eigenvalue weighted by Crippen LogP contribution is -2.36. The minimum atomic E-state index is 0.491. The van der Waals surface area contributed by atoms with Gasteiger partial charge in [-0.1, -0.05) is 19.3 Å².